The Bertz CT molecular complexity index is 1880. The Balaban J connectivity index is 1.49. The zero-order chi connectivity index (χ0) is 34.0. The third kappa shape index (κ3) is 7.32. The highest BCUT2D eigenvalue weighted by Crippen LogP contribution is 2.37. The first-order valence-electron chi connectivity index (χ1n) is 13.6. The normalized spacial score (nSPS) is 12.6. The molecule has 0 fully saturated rings. The van der Waals surface area contributed by atoms with Crippen LogP contribution in [0.4, 0.5) is 18.9 Å². The second kappa shape index (κ2) is 13.2. The summed E-state index contributed by atoms with van der Waals surface area (Å²) in [4.78, 5) is 35.6. The van der Waals surface area contributed by atoms with Gasteiger partial charge in [-0.3, -0.25) is 9.59 Å². The molecule has 4 rings (SSSR count). The number of carboxylic acids is 1. The number of carbonyl (C=O) groups is 3. The number of ether oxygens (including phenoxy) is 2. The number of fused-ring (bicyclic) bond motifs is 1. The number of furan rings is 1. The highest BCUT2D eigenvalue weighted by Gasteiger charge is 2.41. The molecular weight excluding hydrogens is 633 g/mol. The first kappa shape index (κ1) is 34.0. The summed E-state index contributed by atoms with van der Waals surface area (Å²) in [5, 5.41) is 12.3. The molecule has 0 radical (unpaired) electrons. The number of methoxy groups -OCH3 is 1. The van der Waals surface area contributed by atoms with E-state index in [-0.39, 0.29) is 27.6 Å². The number of amides is 1. The van der Waals surface area contributed by atoms with Crippen molar-refractivity contribution in [2.24, 2.45) is 5.92 Å². The predicted molar refractivity (Wildman–Crippen MR) is 160 cm³/mol. The van der Waals surface area contributed by atoms with E-state index >= 15 is 0 Å². The molecule has 1 amide bonds. The van der Waals surface area contributed by atoms with E-state index in [1.807, 2.05) is 0 Å². The molecule has 0 aliphatic heterocycles. The molecule has 0 saturated heterocycles. The lowest BCUT2D eigenvalue weighted by Crippen LogP contribution is -2.44. The molecular formula is C31H29F3N2O9S. The van der Waals surface area contributed by atoms with E-state index < -0.39 is 52.6 Å². The van der Waals surface area contributed by atoms with Gasteiger partial charge in [-0.1, -0.05) is 38.1 Å². The Morgan fingerprint density at radius 2 is 1.54 bits per heavy atom. The molecule has 0 spiro atoms. The molecule has 0 aliphatic rings. The molecule has 1 atom stereocenters. The van der Waals surface area contributed by atoms with Crippen molar-refractivity contribution in [3.05, 3.63) is 77.6 Å². The van der Waals surface area contributed by atoms with Gasteiger partial charge in [-0.05, 0) is 60.4 Å². The van der Waals surface area contributed by atoms with Crippen molar-refractivity contribution >= 4 is 44.5 Å². The molecule has 3 aromatic carbocycles. The summed E-state index contributed by atoms with van der Waals surface area (Å²) in [5.41, 5.74) is 2.47. The second-order valence-corrected chi connectivity index (χ2v) is 12.2. The largest absolute Gasteiger partial charge is 0.496 e. The van der Waals surface area contributed by atoms with Crippen LogP contribution in [0, 0.1) is 12.8 Å². The van der Waals surface area contributed by atoms with Gasteiger partial charge in [0.2, 0.25) is 10.0 Å². The van der Waals surface area contributed by atoms with Gasteiger partial charge in [0.15, 0.2) is 5.76 Å². The third-order valence-electron chi connectivity index (χ3n) is 6.98. The highest BCUT2D eigenvalue weighted by molar-refractivity contribution is 7.89. The van der Waals surface area contributed by atoms with Crippen molar-refractivity contribution in [1.82, 2.24) is 4.72 Å². The lowest BCUT2D eigenvalue weighted by atomic mass is 10.1. The molecule has 3 N–H and O–H groups in total. The minimum absolute atomic E-state index is 0.0742. The lowest BCUT2D eigenvalue weighted by molar-refractivity contribution is -0.201. The van der Waals surface area contributed by atoms with Crippen LogP contribution in [0.15, 0.2) is 70.0 Å². The summed E-state index contributed by atoms with van der Waals surface area (Å²) in [6.07, 6.45) is -5.15. The predicted octanol–water partition coefficient (Wildman–Crippen LogP) is 5.66. The Labute approximate surface area is 261 Å². The van der Waals surface area contributed by atoms with Crippen molar-refractivity contribution in [1.29, 1.82) is 0 Å². The van der Waals surface area contributed by atoms with Gasteiger partial charge in [-0.2, -0.15) is 17.9 Å². The van der Waals surface area contributed by atoms with Crippen LogP contribution >= 0.6 is 0 Å². The van der Waals surface area contributed by atoms with Crippen molar-refractivity contribution in [2.45, 2.75) is 44.5 Å². The standard InChI is InChI=1S/C31H29F3N2O9S/c1-16(2)25(29(38)39)36-46(41,42)22-12-7-19(8-13-22)18-5-10-21(11-6-18)35-28(37)26-17(3)24-23(45-26)14-9-20(27(24)43-4)15-44-30(40)31(32,33)34/h5-14,16,25,36H,15H2,1-4H3,(H,35,37)(H,38,39). The fraction of sp³-hybridized carbons (Fsp3) is 0.258. The summed E-state index contributed by atoms with van der Waals surface area (Å²) in [7, 11) is -2.80. The van der Waals surface area contributed by atoms with E-state index in [9.17, 15) is 41.1 Å². The molecule has 4 aromatic rings. The monoisotopic (exact) mass is 662 g/mol. The quantitative estimate of drug-likeness (QED) is 0.172. The van der Waals surface area contributed by atoms with Crippen molar-refractivity contribution in [3.63, 3.8) is 0 Å². The summed E-state index contributed by atoms with van der Waals surface area (Å²) < 4.78 is 80.7. The number of benzene rings is 3. The van der Waals surface area contributed by atoms with E-state index in [1.54, 1.807) is 57.2 Å². The first-order valence-corrected chi connectivity index (χ1v) is 15.1. The molecule has 11 nitrogen and oxygen atoms in total. The van der Waals surface area contributed by atoms with Gasteiger partial charge in [0.25, 0.3) is 5.91 Å². The second-order valence-electron chi connectivity index (χ2n) is 10.5. The van der Waals surface area contributed by atoms with E-state index in [4.69, 9.17) is 9.15 Å². The molecule has 0 aliphatic carbocycles. The van der Waals surface area contributed by atoms with Crippen LogP contribution in [-0.4, -0.2) is 50.7 Å². The summed E-state index contributed by atoms with van der Waals surface area (Å²) >= 11 is 0. The molecule has 244 valence electrons. The number of hydrogen-bond donors (Lipinski definition) is 3. The molecule has 1 heterocycles. The van der Waals surface area contributed by atoms with Crippen molar-refractivity contribution in [3.8, 4) is 16.9 Å². The van der Waals surface area contributed by atoms with E-state index in [1.165, 1.54) is 31.4 Å². The van der Waals surface area contributed by atoms with Crippen LogP contribution in [0.2, 0.25) is 0 Å². The maximum Gasteiger partial charge on any atom is 0.490 e. The fourth-order valence-electron chi connectivity index (χ4n) is 4.60. The number of esters is 1. The highest BCUT2D eigenvalue weighted by atomic mass is 32.2. The van der Waals surface area contributed by atoms with Crippen molar-refractivity contribution < 1.29 is 55.0 Å². The maximum absolute atomic E-state index is 13.1. The number of alkyl halides is 3. The zero-order valence-corrected chi connectivity index (χ0v) is 25.7. The molecule has 0 bridgehead atoms. The Kier molecular flexibility index (Phi) is 9.77. The molecule has 1 aromatic heterocycles. The maximum atomic E-state index is 13.1. The third-order valence-corrected chi connectivity index (χ3v) is 8.44. The minimum atomic E-state index is -5.15. The van der Waals surface area contributed by atoms with Gasteiger partial charge in [0.05, 0.1) is 17.4 Å². The number of anilines is 1. The number of carbonyl (C=O) groups excluding carboxylic acids is 2. The molecule has 0 saturated carbocycles. The average Bonchev–Trinajstić information content (AvgIpc) is 3.34. The number of halogens is 3. The average molecular weight is 663 g/mol. The topological polar surface area (TPSA) is 161 Å². The molecule has 15 heteroatoms. The van der Waals surface area contributed by atoms with Crippen LogP contribution in [0.25, 0.3) is 22.1 Å². The SMILES string of the molecule is COc1c(COC(=O)C(F)(F)F)ccc2oc(C(=O)Nc3ccc(-c4ccc(S(=O)(=O)NC(C(=O)O)C(C)C)cc4)cc3)c(C)c12. The van der Waals surface area contributed by atoms with Gasteiger partial charge in [0.1, 0.15) is 24.0 Å². The van der Waals surface area contributed by atoms with Gasteiger partial charge in [-0.15, -0.1) is 0 Å². The first-order chi connectivity index (χ1) is 21.5. The van der Waals surface area contributed by atoms with E-state index in [0.29, 0.717) is 27.8 Å². The molecule has 46 heavy (non-hydrogen) atoms. The fourth-order valence-corrected chi connectivity index (χ4v) is 5.94. The van der Waals surface area contributed by atoms with Crippen LogP contribution in [0.3, 0.4) is 0 Å². The van der Waals surface area contributed by atoms with Gasteiger partial charge in [-0.25, -0.2) is 13.2 Å². The number of nitrogens with one attached hydrogen (secondary N) is 2. The number of hydrogen-bond acceptors (Lipinski definition) is 8. The number of rotatable bonds is 11. The number of carboxylic acid groups (broad SMARTS) is 1. The number of aliphatic carboxylic acids is 1. The Morgan fingerprint density at radius 3 is 2.07 bits per heavy atom. The summed E-state index contributed by atoms with van der Waals surface area (Å²) in [6, 6.07) is 14.0. The van der Waals surface area contributed by atoms with E-state index in [0.717, 1.165) is 0 Å². The lowest BCUT2D eigenvalue weighted by Gasteiger charge is -2.18. The summed E-state index contributed by atoms with van der Waals surface area (Å²) in [6.45, 7) is 4.05. The smallest absolute Gasteiger partial charge is 0.490 e. The van der Waals surface area contributed by atoms with Crippen LogP contribution in [0.5, 0.6) is 5.75 Å². The van der Waals surface area contributed by atoms with Gasteiger partial charge < -0.3 is 24.3 Å². The minimum Gasteiger partial charge on any atom is -0.496 e. The summed E-state index contributed by atoms with van der Waals surface area (Å²) in [5.74, 6) is -4.69. The van der Waals surface area contributed by atoms with E-state index in [2.05, 4.69) is 14.8 Å². The van der Waals surface area contributed by atoms with Crippen LogP contribution in [-0.2, 0) is 31.0 Å². The number of sulfonamides is 1. The Morgan fingerprint density at radius 1 is 0.957 bits per heavy atom. The molecule has 1 unspecified atom stereocenters. The van der Waals surface area contributed by atoms with Gasteiger partial charge in [0, 0.05) is 16.8 Å². The van der Waals surface area contributed by atoms with Crippen LogP contribution < -0.4 is 14.8 Å². The number of aryl methyl sites for hydroxylation is 1. The zero-order valence-electron chi connectivity index (χ0n) is 24.9. The van der Waals surface area contributed by atoms with Crippen molar-refractivity contribution in [2.75, 3.05) is 12.4 Å². The van der Waals surface area contributed by atoms with Crippen LogP contribution in [0.1, 0.15) is 35.5 Å². The van der Waals surface area contributed by atoms with Gasteiger partial charge >= 0.3 is 18.1 Å². The Hall–Kier alpha value is -4.89.